The number of hydrogen-bond donors (Lipinski definition) is 1. The number of nitrogens with zero attached hydrogens (tertiary/aromatic N) is 2. The van der Waals surface area contributed by atoms with Gasteiger partial charge in [-0.25, -0.2) is 9.37 Å². The Morgan fingerprint density at radius 1 is 1.38 bits per heavy atom. The van der Waals surface area contributed by atoms with Crippen molar-refractivity contribution in [2.24, 2.45) is 5.10 Å². The lowest BCUT2D eigenvalue weighted by Crippen LogP contribution is -2.12. The Labute approximate surface area is 136 Å². The molecule has 0 radical (unpaired) electrons. The molecule has 2 rings (SSSR count). The van der Waals surface area contributed by atoms with Crippen LogP contribution in [0.5, 0.6) is 0 Å². The molecule has 0 saturated heterocycles. The van der Waals surface area contributed by atoms with E-state index in [0.29, 0.717) is 15.2 Å². The van der Waals surface area contributed by atoms with Gasteiger partial charge < -0.3 is 0 Å². The second kappa shape index (κ2) is 6.23. The van der Waals surface area contributed by atoms with E-state index in [1.165, 1.54) is 17.6 Å². The van der Waals surface area contributed by atoms with Gasteiger partial charge in [-0.3, -0.25) is 5.43 Å². The van der Waals surface area contributed by atoms with Crippen molar-refractivity contribution in [3.63, 3.8) is 0 Å². The summed E-state index contributed by atoms with van der Waals surface area (Å²) < 4.78 is 14.6. The third-order valence-corrected chi connectivity index (χ3v) is 4.35. The highest BCUT2D eigenvalue weighted by Gasteiger charge is 2.17. The number of rotatable bonds is 3. The number of benzene rings is 1. The molecule has 0 unspecified atom stereocenters. The molecule has 1 heterocycles. The molecule has 0 aliphatic carbocycles. The standard InChI is InChI=1S/C15H17BrFN3S/c1-9-8-21-14(19-9)20-18-7-10-5-11(15(2,3)4)6-12(16)13(10)17/h5-8H,1-4H3,(H,19,20). The summed E-state index contributed by atoms with van der Waals surface area (Å²) in [6.07, 6.45) is 1.48. The molecule has 1 N–H and O–H groups in total. The van der Waals surface area contributed by atoms with Crippen LogP contribution < -0.4 is 5.43 Å². The minimum atomic E-state index is -0.316. The summed E-state index contributed by atoms with van der Waals surface area (Å²) in [5.74, 6) is -0.316. The molecular weight excluding hydrogens is 353 g/mol. The molecule has 0 bridgehead atoms. The normalized spacial score (nSPS) is 12.1. The van der Waals surface area contributed by atoms with Gasteiger partial charge in [0, 0.05) is 10.9 Å². The van der Waals surface area contributed by atoms with Gasteiger partial charge in [0.15, 0.2) is 0 Å². The van der Waals surface area contributed by atoms with Crippen molar-refractivity contribution < 1.29 is 4.39 Å². The third-order valence-electron chi connectivity index (χ3n) is 2.91. The van der Waals surface area contributed by atoms with E-state index in [4.69, 9.17) is 0 Å². The molecule has 2 aromatic rings. The van der Waals surface area contributed by atoms with Crippen LogP contribution in [0.25, 0.3) is 0 Å². The van der Waals surface area contributed by atoms with E-state index in [9.17, 15) is 4.39 Å². The summed E-state index contributed by atoms with van der Waals surface area (Å²) in [6.45, 7) is 8.17. The van der Waals surface area contributed by atoms with Crippen LogP contribution in [0.15, 0.2) is 27.1 Å². The number of thiazole rings is 1. The quantitative estimate of drug-likeness (QED) is 0.603. The van der Waals surface area contributed by atoms with E-state index >= 15 is 0 Å². The maximum Gasteiger partial charge on any atom is 0.203 e. The fraction of sp³-hybridized carbons (Fsp3) is 0.333. The average molecular weight is 370 g/mol. The Hall–Kier alpha value is -1.27. The second-order valence-corrected chi connectivity index (χ2v) is 7.49. The van der Waals surface area contributed by atoms with Gasteiger partial charge in [0.25, 0.3) is 0 Å². The highest BCUT2D eigenvalue weighted by molar-refractivity contribution is 9.10. The number of anilines is 1. The first-order valence-corrected chi connectivity index (χ1v) is 8.15. The van der Waals surface area contributed by atoms with Crippen molar-refractivity contribution in [1.29, 1.82) is 0 Å². The van der Waals surface area contributed by atoms with E-state index in [0.717, 1.165) is 11.3 Å². The zero-order valence-corrected chi connectivity index (χ0v) is 14.8. The minimum absolute atomic E-state index is 0.0569. The number of hydrogen-bond acceptors (Lipinski definition) is 4. The maximum atomic E-state index is 14.1. The van der Waals surface area contributed by atoms with Crippen molar-refractivity contribution in [1.82, 2.24) is 4.98 Å². The maximum absolute atomic E-state index is 14.1. The fourth-order valence-electron chi connectivity index (χ4n) is 1.70. The fourth-order valence-corrected chi connectivity index (χ4v) is 2.81. The predicted molar refractivity (Wildman–Crippen MR) is 90.9 cm³/mol. The summed E-state index contributed by atoms with van der Waals surface area (Å²) in [6, 6.07) is 3.63. The number of nitrogens with one attached hydrogen (secondary N) is 1. The van der Waals surface area contributed by atoms with Crippen LogP contribution in [-0.4, -0.2) is 11.2 Å². The number of aromatic nitrogens is 1. The first kappa shape index (κ1) is 16.1. The van der Waals surface area contributed by atoms with Gasteiger partial charge in [-0.15, -0.1) is 11.3 Å². The van der Waals surface area contributed by atoms with Gasteiger partial charge in [0.05, 0.1) is 16.4 Å². The first-order chi connectivity index (χ1) is 9.77. The van der Waals surface area contributed by atoms with E-state index in [1.54, 1.807) is 0 Å². The lowest BCUT2D eigenvalue weighted by atomic mass is 9.86. The number of hydrazone groups is 1. The van der Waals surface area contributed by atoms with Gasteiger partial charge in [-0.2, -0.15) is 5.10 Å². The topological polar surface area (TPSA) is 37.3 Å². The van der Waals surface area contributed by atoms with Crippen LogP contribution in [0, 0.1) is 12.7 Å². The molecule has 0 amide bonds. The van der Waals surface area contributed by atoms with Gasteiger partial charge in [-0.1, -0.05) is 20.8 Å². The molecule has 0 saturated carbocycles. The van der Waals surface area contributed by atoms with Crippen molar-refractivity contribution in [3.8, 4) is 0 Å². The molecule has 0 aliphatic heterocycles. The van der Waals surface area contributed by atoms with Crippen LogP contribution in [0.2, 0.25) is 0 Å². The largest absolute Gasteiger partial charge is 0.253 e. The summed E-state index contributed by atoms with van der Waals surface area (Å²) in [4.78, 5) is 4.23. The van der Waals surface area contributed by atoms with Crippen molar-refractivity contribution >= 4 is 38.6 Å². The van der Waals surface area contributed by atoms with Crippen LogP contribution in [-0.2, 0) is 5.41 Å². The Bertz CT molecular complexity index is 674. The molecule has 112 valence electrons. The Kier molecular flexibility index (Phi) is 4.78. The van der Waals surface area contributed by atoms with Crippen molar-refractivity contribution in [3.05, 3.63) is 44.6 Å². The summed E-state index contributed by atoms with van der Waals surface area (Å²) in [5.41, 5.74) is 5.17. The van der Waals surface area contributed by atoms with Gasteiger partial charge >= 0.3 is 0 Å². The van der Waals surface area contributed by atoms with Crippen LogP contribution in [0.4, 0.5) is 9.52 Å². The van der Waals surface area contributed by atoms with Crippen molar-refractivity contribution in [2.45, 2.75) is 33.1 Å². The van der Waals surface area contributed by atoms with E-state index in [1.807, 2.05) is 24.4 Å². The molecule has 0 fully saturated rings. The first-order valence-electron chi connectivity index (χ1n) is 6.48. The Morgan fingerprint density at radius 3 is 2.67 bits per heavy atom. The van der Waals surface area contributed by atoms with Gasteiger partial charge in [0.1, 0.15) is 5.82 Å². The molecule has 6 heteroatoms. The van der Waals surface area contributed by atoms with Crippen molar-refractivity contribution in [2.75, 3.05) is 5.43 Å². The monoisotopic (exact) mass is 369 g/mol. The lowest BCUT2D eigenvalue weighted by molar-refractivity contribution is 0.579. The molecular formula is C15H17BrFN3S. The third kappa shape index (κ3) is 4.11. The van der Waals surface area contributed by atoms with Crippen LogP contribution in [0.3, 0.4) is 0 Å². The molecule has 0 aliphatic rings. The van der Waals surface area contributed by atoms with E-state index < -0.39 is 0 Å². The zero-order valence-electron chi connectivity index (χ0n) is 12.4. The number of halogens is 2. The Balaban J connectivity index is 2.24. The van der Waals surface area contributed by atoms with Crippen LogP contribution in [0.1, 0.15) is 37.6 Å². The molecule has 0 spiro atoms. The second-order valence-electron chi connectivity index (χ2n) is 5.78. The smallest absolute Gasteiger partial charge is 0.203 e. The predicted octanol–water partition coefficient (Wildman–Crippen LogP) is 5.10. The van der Waals surface area contributed by atoms with Crippen LogP contribution >= 0.6 is 27.3 Å². The van der Waals surface area contributed by atoms with Gasteiger partial charge in [-0.05, 0) is 46.0 Å². The molecule has 0 atom stereocenters. The van der Waals surface area contributed by atoms with E-state index in [-0.39, 0.29) is 11.2 Å². The van der Waals surface area contributed by atoms with Gasteiger partial charge in [0.2, 0.25) is 5.13 Å². The van der Waals surface area contributed by atoms with E-state index in [2.05, 4.69) is 52.2 Å². The lowest BCUT2D eigenvalue weighted by Gasteiger charge is -2.20. The molecule has 1 aromatic carbocycles. The summed E-state index contributed by atoms with van der Waals surface area (Å²) in [5, 5.41) is 6.68. The summed E-state index contributed by atoms with van der Waals surface area (Å²) >= 11 is 4.72. The zero-order chi connectivity index (χ0) is 15.6. The highest BCUT2D eigenvalue weighted by Crippen LogP contribution is 2.28. The average Bonchev–Trinajstić information content (AvgIpc) is 2.79. The molecule has 21 heavy (non-hydrogen) atoms. The summed E-state index contributed by atoms with van der Waals surface area (Å²) in [7, 11) is 0. The SMILES string of the molecule is Cc1csc(NN=Cc2cc(C(C)(C)C)cc(Br)c2F)n1. The minimum Gasteiger partial charge on any atom is -0.253 e. The number of aryl methyl sites for hydroxylation is 1. The molecule has 3 nitrogen and oxygen atoms in total. The molecule has 1 aromatic heterocycles. The highest BCUT2D eigenvalue weighted by atomic mass is 79.9. The Morgan fingerprint density at radius 2 is 2.10 bits per heavy atom.